The van der Waals surface area contributed by atoms with Crippen molar-refractivity contribution in [1.29, 1.82) is 0 Å². The maximum atomic E-state index is 13.5. The molecule has 51 atom stereocenters. The van der Waals surface area contributed by atoms with Crippen LogP contribution in [0.4, 0.5) is 0 Å². The lowest BCUT2D eigenvalue weighted by molar-refractivity contribution is -0.400. The quantitative estimate of drug-likeness (QED) is 0.0280. The molecule has 0 bridgehead atoms. The molecule has 10 rings (SSSR count). The highest BCUT2D eigenvalue weighted by molar-refractivity contribution is 5.77. The SMILES string of the molecule is CC(=O)N[C@@H]1[C@H](O[C@@H]2[C@@H](O[C@@H]3[C@H](O)[C@H](O[C@H]4[C@H](O)[C@@H](NC(C)=O)[C@H](O[C@H]5[C@H](O)[C@@H](NC(C)=O)[C@H](O)O[C@@H]5CO[C@@H]5O[C@@H](C)[C@@H](O)[C@@H](O)[C@@H]5O)O[C@@H]4CO)O[C@H](CO[C@H]4O[C@H](CO)[C@@H](O)[C@H](O)[C@@H]4O[C@@H]4O[C@H](CO)[C@@H](O)[C@H](O)[C@H]4NC(C)=O)[C@H]3O)O[C@H](CO)[C@@H](O)[C@@H]2O)O[C@H](CO)[C@@H](O)[C@@H]1O[C@@H]1O[C@H](CO)[C@H](O)[C@H](O[C@]2(C(=O)O)C[C@H](O)[C@@H](NC(C)=O)[C@H]([C@H](O)[C@H](O)CO)O2)[C@H]1O. The van der Waals surface area contributed by atoms with E-state index in [0.29, 0.717) is 0 Å². The molecule has 58 nitrogen and oxygen atoms in total. The van der Waals surface area contributed by atoms with Gasteiger partial charge in [0.1, 0.15) is 232 Å². The number of aliphatic hydroxyl groups is 27. The number of aliphatic carboxylic acids is 1. The number of amides is 5. The minimum Gasteiger partial charge on any atom is -0.477 e. The summed E-state index contributed by atoms with van der Waals surface area (Å²) < 4.78 is 113. The van der Waals surface area contributed by atoms with E-state index >= 15 is 0 Å². The van der Waals surface area contributed by atoms with E-state index in [9.17, 15) is 172 Å². The number of rotatable bonds is 35. The summed E-state index contributed by atoms with van der Waals surface area (Å²) in [7, 11) is 0. The predicted molar refractivity (Wildman–Crippen MR) is 403 cm³/mol. The van der Waals surface area contributed by atoms with Gasteiger partial charge in [-0.2, -0.15) is 0 Å². The second-order valence-corrected chi connectivity index (χ2v) is 33.2. The van der Waals surface area contributed by atoms with Gasteiger partial charge >= 0.3 is 5.97 Å². The van der Waals surface area contributed by atoms with Gasteiger partial charge in [0.05, 0.1) is 77.7 Å². The summed E-state index contributed by atoms with van der Waals surface area (Å²) in [6.45, 7) is -4.71. The Balaban J connectivity index is 0.996. The topological polar surface area (TPSA) is 904 Å². The summed E-state index contributed by atoms with van der Waals surface area (Å²) in [5, 5.41) is 327. The van der Waals surface area contributed by atoms with Gasteiger partial charge in [-0.05, 0) is 6.92 Å². The summed E-state index contributed by atoms with van der Waals surface area (Å²) in [5.41, 5.74) is 0. The minimum atomic E-state index is -3.36. The molecular weight excluding hydrogens is 1790 g/mol. The van der Waals surface area contributed by atoms with E-state index in [4.69, 9.17) is 90.0 Å². The minimum absolute atomic E-state index is 0.841. The maximum Gasteiger partial charge on any atom is 0.364 e. The fraction of sp³-hybridized carbons (Fsp3) is 0.918. The number of ether oxygens (including phenoxy) is 19. The van der Waals surface area contributed by atoms with Crippen molar-refractivity contribution in [1.82, 2.24) is 26.6 Å². The second-order valence-electron chi connectivity index (χ2n) is 33.2. The van der Waals surface area contributed by atoms with Crippen molar-refractivity contribution in [3.8, 4) is 0 Å². The third-order valence-corrected chi connectivity index (χ3v) is 23.8. The van der Waals surface area contributed by atoms with Crippen LogP contribution in [0.1, 0.15) is 48.0 Å². The summed E-state index contributed by atoms with van der Waals surface area (Å²) in [6, 6.07) is -9.59. The van der Waals surface area contributed by atoms with Crippen LogP contribution in [0.15, 0.2) is 0 Å². The van der Waals surface area contributed by atoms with Crippen LogP contribution in [0.5, 0.6) is 0 Å². The van der Waals surface area contributed by atoms with Gasteiger partial charge in [0.25, 0.3) is 5.79 Å². The van der Waals surface area contributed by atoms with Crippen LogP contribution in [0.3, 0.4) is 0 Å². The molecule has 0 aliphatic carbocycles. The maximum absolute atomic E-state index is 13.5. The van der Waals surface area contributed by atoms with E-state index < -0.39 is 414 Å². The average molecular weight is 1920 g/mol. The van der Waals surface area contributed by atoms with Crippen LogP contribution in [0.2, 0.25) is 0 Å². The first-order chi connectivity index (χ1) is 61.7. The van der Waals surface area contributed by atoms with Crippen LogP contribution < -0.4 is 26.6 Å². The molecule has 10 saturated heterocycles. The molecule has 0 aromatic carbocycles. The Morgan fingerprint density at radius 3 is 1.21 bits per heavy atom. The van der Waals surface area contributed by atoms with Crippen LogP contribution in [0.25, 0.3) is 0 Å². The fourth-order valence-corrected chi connectivity index (χ4v) is 16.9. The van der Waals surface area contributed by atoms with Crippen molar-refractivity contribution < 1.29 is 262 Å². The smallest absolute Gasteiger partial charge is 0.364 e. The number of hydrogen-bond acceptors (Lipinski definition) is 52. The molecule has 0 aromatic heterocycles. The van der Waals surface area contributed by atoms with Crippen molar-refractivity contribution in [2.45, 2.75) is 360 Å². The Bertz CT molecular complexity index is 3670. The highest BCUT2D eigenvalue weighted by Gasteiger charge is 2.64. The molecular formula is C73H121N5O53. The first kappa shape index (κ1) is 108. The molecule has 131 heavy (non-hydrogen) atoms. The number of carbonyl (C=O) groups is 6. The zero-order valence-electron chi connectivity index (χ0n) is 70.7. The Kier molecular flexibility index (Phi) is 38.4. The van der Waals surface area contributed by atoms with Crippen molar-refractivity contribution >= 4 is 35.5 Å². The normalized spacial score (nSPS) is 47.5. The van der Waals surface area contributed by atoms with Crippen molar-refractivity contribution in [2.24, 2.45) is 0 Å². The molecule has 0 radical (unpaired) electrons. The molecule has 10 aliphatic heterocycles. The summed E-state index contributed by atoms with van der Waals surface area (Å²) >= 11 is 0. The lowest BCUT2D eigenvalue weighted by Crippen LogP contribution is -2.72. The standard InChI is InChI=1S/C73H121N5O53/c1-17-38(93)49(104)52(107)67(115-17)113-16-32-56(47(102)34(63(110)116-32)75-19(3)87)124-65-36(77-21(5)89)48(103)55(30(14-85)122-65)125-68-53(108)59(45(100)31(123-68)15-114-70-61(50(105)41(96)26(10-81)120-70)128-64-35(76-20(4)88)46(101)40(95)25(9-80)117-64)127-71-62(51(106)42(97)27(11-82)121-71)129-66-37(78-22(6)90)57(43(98)28(12-83)118-66)126-69-54(109)60(44(99)29(13-84)119-69)131-73(72(111)112)7-23(91)33(74-18(2)86)58(130-73)39(94)24(92)8-79/h17,23-71,79-85,91-110H,7-16H2,1-6H3,(H,74,86)(H,75,87)(H,76,88)(H,77,89)(H,78,90)(H,111,112)/t17-,23-,24+,25+,26+,27+,28+,29+,30+,31+,32+,33+,34+,35+,36+,37-,38+,39+,40+,41+,42+,43+,44-,45+,46+,47+,48+,49+,50-,51-,52-,53-,54+,55+,56+,57+,58+,59-,60-,61-,62-,63+,64-,65-,66-,67+,68-,69-,70-,71+,73-/m0/s1. The summed E-state index contributed by atoms with van der Waals surface area (Å²) in [5.74, 6) is -10.3. The van der Waals surface area contributed by atoms with E-state index in [2.05, 4.69) is 26.6 Å². The zero-order valence-corrected chi connectivity index (χ0v) is 70.7. The Labute approximate surface area is 741 Å². The predicted octanol–water partition coefficient (Wildman–Crippen LogP) is -21.9. The lowest BCUT2D eigenvalue weighted by atomic mass is 9.88. The molecule has 756 valence electrons. The molecule has 0 aromatic rings. The van der Waals surface area contributed by atoms with Crippen molar-refractivity contribution in [3.05, 3.63) is 0 Å². The Morgan fingerprint density at radius 2 is 0.695 bits per heavy atom. The first-order valence-electron chi connectivity index (χ1n) is 41.6. The average Bonchev–Trinajstić information content (AvgIpc) is 0.752. The van der Waals surface area contributed by atoms with Gasteiger partial charge in [-0.3, -0.25) is 24.0 Å². The zero-order chi connectivity index (χ0) is 96.9. The molecule has 5 amide bonds. The molecule has 10 heterocycles. The molecule has 10 fully saturated rings. The molecule has 0 spiro atoms. The van der Waals surface area contributed by atoms with Gasteiger partial charge in [-0.15, -0.1) is 0 Å². The van der Waals surface area contributed by atoms with Crippen molar-refractivity contribution in [2.75, 3.05) is 59.5 Å². The van der Waals surface area contributed by atoms with Crippen LogP contribution in [-0.4, -0.2) is 550 Å². The second kappa shape index (κ2) is 46.6. The number of aliphatic hydroxyl groups excluding tert-OH is 27. The highest BCUT2D eigenvalue weighted by atomic mass is 16.8. The Hall–Kier alpha value is -5.02. The van der Waals surface area contributed by atoms with Gasteiger partial charge in [0, 0.05) is 41.0 Å². The van der Waals surface area contributed by atoms with Gasteiger partial charge in [-0.25, -0.2) is 4.79 Å². The highest BCUT2D eigenvalue weighted by Crippen LogP contribution is 2.43. The lowest BCUT2D eigenvalue weighted by Gasteiger charge is -2.52. The van der Waals surface area contributed by atoms with Gasteiger partial charge in [-0.1, -0.05) is 0 Å². The van der Waals surface area contributed by atoms with Gasteiger partial charge in [0.15, 0.2) is 56.6 Å². The number of carboxylic acids is 1. The molecule has 0 unspecified atom stereocenters. The fourth-order valence-electron chi connectivity index (χ4n) is 16.9. The van der Waals surface area contributed by atoms with E-state index in [-0.39, 0.29) is 0 Å². The van der Waals surface area contributed by atoms with Gasteiger partial charge in [0.2, 0.25) is 29.5 Å². The number of nitrogens with one attached hydrogen (secondary N) is 5. The first-order valence-corrected chi connectivity index (χ1v) is 41.6. The van der Waals surface area contributed by atoms with Crippen LogP contribution in [0, 0.1) is 0 Å². The largest absolute Gasteiger partial charge is 0.477 e. The van der Waals surface area contributed by atoms with E-state index in [1.54, 1.807) is 0 Å². The molecule has 58 heteroatoms. The summed E-state index contributed by atoms with van der Waals surface area (Å²) in [6.07, 6.45) is -99.5. The molecule has 33 N–H and O–H groups in total. The van der Waals surface area contributed by atoms with Crippen molar-refractivity contribution in [3.63, 3.8) is 0 Å². The number of carbonyl (C=O) groups excluding carboxylic acids is 5. The third-order valence-electron chi connectivity index (χ3n) is 23.8. The number of carboxylic acid groups (broad SMARTS) is 1. The third kappa shape index (κ3) is 24.1. The molecule has 10 aliphatic rings. The van der Waals surface area contributed by atoms with Gasteiger partial charge < -0.3 is 260 Å². The Morgan fingerprint density at radius 1 is 0.328 bits per heavy atom. The van der Waals surface area contributed by atoms with E-state index in [0.717, 1.165) is 34.6 Å². The van der Waals surface area contributed by atoms with Crippen LogP contribution >= 0.6 is 0 Å². The van der Waals surface area contributed by atoms with E-state index in [1.165, 1.54) is 6.92 Å². The summed E-state index contributed by atoms with van der Waals surface area (Å²) in [4.78, 5) is 77.5. The molecule has 0 saturated carbocycles. The number of hydrogen-bond donors (Lipinski definition) is 33. The van der Waals surface area contributed by atoms with E-state index in [1.807, 2.05) is 0 Å². The monoisotopic (exact) mass is 1920 g/mol. The van der Waals surface area contributed by atoms with Crippen LogP contribution in [-0.2, 0) is 119 Å².